The zero-order chi connectivity index (χ0) is 17.4. The van der Waals surface area contributed by atoms with Crippen LogP contribution in [0.3, 0.4) is 0 Å². The molecular formula is C20H21NO4. The molecule has 1 aliphatic rings. The topological polar surface area (TPSA) is 75.5 Å². The van der Waals surface area contributed by atoms with Crippen molar-refractivity contribution < 1.29 is 19.1 Å². The van der Waals surface area contributed by atoms with Crippen LogP contribution in [0.1, 0.15) is 37.4 Å². The number of aliphatic carboxylic acids is 1. The lowest BCUT2D eigenvalue weighted by molar-refractivity contribution is -0.149. The molecule has 0 saturated carbocycles. The van der Waals surface area contributed by atoms with Crippen molar-refractivity contribution in [3.8, 4) is 11.3 Å². The Morgan fingerprint density at radius 3 is 2.92 bits per heavy atom. The van der Waals surface area contributed by atoms with Crippen LogP contribution in [0.15, 0.2) is 41.0 Å². The van der Waals surface area contributed by atoms with Crippen molar-refractivity contribution in [3.05, 3.63) is 47.9 Å². The number of hydrogen-bond acceptors (Lipinski definition) is 3. The van der Waals surface area contributed by atoms with Gasteiger partial charge < -0.3 is 19.2 Å². The number of fused-ring (bicyclic) bond motifs is 3. The normalized spacial score (nSPS) is 19.9. The van der Waals surface area contributed by atoms with Crippen LogP contribution in [0.2, 0.25) is 0 Å². The van der Waals surface area contributed by atoms with Crippen LogP contribution in [-0.2, 0) is 21.6 Å². The average Bonchev–Trinajstić information content (AvgIpc) is 3.22. The molecule has 5 nitrogen and oxygen atoms in total. The lowest BCUT2D eigenvalue weighted by Crippen LogP contribution is -2.37. The van der Waals surface area contributed by atoms with Gasteiger partial charge in [-0.05, 0) is 36.6 Å². The summed E-state index contributed by atoms with van der Waals surface area (Å²) in [5.41, 5.74) is 3.31. The molecule has 2 N–H and O–H groups in total. The number of aromatic nitrogens is 1. The fraction of sp³-hybridized carbons (Fsp3) is 0.350. The fourth-order valence-electron chi connectivity index (χ4n) is 4.09. The molecule has 1 aliphatic heterocycles. The predicted molar refractivity (Wildman–Crippen MR) is 94.5 cm³/mol. The molecule has 25 heavy (non-hydrogen) atoms. The van der Waals surface area contributed by atoms with Crippen molar-refractivity contribution in [3.63, 3.8) is 0 Å². The van der Waals surface area contributed by atoms with Gasteiger partial charge in [0, 0.05) is 16.5 Å². The van der Waals surface area contributed by atoms with E-state index in [4.69, 9.17) is 9.15 Å². The van der Waals surface area contributed by atoms with E-state index in [2.05, 4.69) is 11.9 Å². The van der Waals surface area contributed by atoms with E-state index in [-0.39, 0.29) is 6.42 Å². The maximum atomic E-state index is 11.5. The minimum atomic E-state index is -0.841. The molecule has 2 aromatic heterocycles. The molecule has 0 aliphatic carbocycles. The lowest BCUT2D eigenvalue weighted by atomic mass is 9.84. The summed E-state index contributed by atoms with van der Waals surface area (Å²) in [6, 6.07) is 9.88. The van der Waals surface area contributed by atoms with E-state index in [1.807, 2.05) is 30.3 Å². The molecule has 1 aromatic carbocycles. The number of carboxylic acid groups (broad SMARTS) is 1. The molecule has 0 spiro atoms. The highest BCUT2D eigenvalue weighted by molar-refractivity contribution is 5.98. The SMILES string of the molecule is CCCC1(CC(=O)O)OCCc2c1[nH]c1cccc(-c3ccco3)c21. The molecule has 5 heteroatoms. The molecule has 0 bridgehead atoms. The van der Waals surface area contributed by atoms with Gasteiger partial charge in [-0.3, -0.25) is 4.79 Å². The van der Waals surface area contributed by atoms with Crippen LogP contribution in [-0.4, -0.2) is 22.7 Å². The van der Waals surface area contributed by atoms with Crippen molar-refractivity contribution in [2.24, 2.45) is 0 Å². The molecule has 1 atom stereocenters. The van der Waals surface area contributed by atoms with E-state index in [9.17, 15) is 9.90 Å². The highest BCUT2D eigenvalue weighted by atomic mass is 16.5. The summed E-state index contributed by atoms with van der Waals surface area (Å²) in [7, 11) is 0. The van der Waals surface area contributed by atoms with Gasteiger partial charge in [0.2, 0.25) is 0 Å². The van der Waals surface area contributed by atoms with Gasteiger partial charge in [-0.25, -0.2) is 0 Å². The van der Waals surface area contributed by atoms with Gasteiger partial charge in [0.15, 0.2) is 0 Å². The zero-order valence-electron chi connectivity index (χ0n) is 14.2. The smallest absolute Gasteiger partial charge is 0.306 e. The highest BCUT2D eigenvalue weighted by Crippen LogP contribution is 2.44. The van der Waals surface area contributed by atoms with Crippen LogP contribution in [0.4, 0.5) is 0 Å². The third-order valence-electron chi connectivity index (χ3n) is 4.99. The van der Waals surface area contributed by atoms with E-state index >= 15 is 0 Å². The molecule has 0 amide bonds. The number of aromatic amines is 1. The predicted octanol–water partition coefficient (Wildman–Crippen LogP) is 4.47. The summed E-state index contributed by atoms with van der Waals surface area (Å²) in [6.07, 6.45) is 3.93. The van der Waals surface area contributed by atoms with Gasteiger partial charge >= 0.3 is 5.97 Å². The Balaban J connectivity index is 1.96. The largest absolute Gasteiger partial charge is 0.481 e. The Kier molecular flexibility index (Phi) is 3.88. The third-order valence-corrected chi connectivity index (χ3v) is 4.99. The third kappa shape index (κ3) is 2.55. The van der Waals surface area contributed by atoms with Gasteiger partial charge in [0.25, 0.3) is 0 Å². The molecular weight excluding hydrogens is 318 g/mol. The number of nitrogens with one attached hydrogen (secondary N) is 1. The first-order chi connectivity index (χ1) is 12.1. The summed E-state index contributed by atoms with van der Waals surface area (Å²) in [4.78, 5) is 15.0. The summed E-state index contributed by atoms with van der Waals surface area (Å²) in [5.74, 6) is -0.0237. The molecule has 3 heterocycles. The maximum Gasteiger partial charge on any atom is 0.306 e. The van der Waals surface area contributed by atoms with E-state index in [1.54, 1.807) is 6.26 Å². The van der Waals surface area contributed by atoms with Gasteiger partial charge in [-0.1, -0.05) is 25.5 Å². The van der Waals surface area contributed by atoms with E-state index in [0.717, 1.165) is 46.3 Å². The van der Waals surface area contributed by atoms with E-state index in [0.29, 0.717) is 13.0 Å². The van der Waals surface area contributed by atoms with Gasteiger partial charge in [0.1, 0.15) is 11.4 Å². The monoisotopic (exact) mass is 339 g/mol. The number of rotatable bonds is 5. The zero-order valence-corrected chi connectivity index (χ0v) is 14.2. The molecule has 0 saturated heterocycles. The Bertz CT molecular complexity index is 909. The molecule has 0 fully saturated rings. The Hall–Kier alpha value is -2.53. The first kappa shape index (κ1) is 16.0. The minimum absolute atomic E-state index is 0.0310. The van der Waals surface area contributed by atoms with Crippen LogP contribution >= 0.6 is 0 Å². The lowest BCUT2D eigenvalue weighted by Gasteiger charge is -2.36. The number of H-pyrrole nitrogens is 1. The number of furan rings is 1. The van der Waals surface area contributed by atoms with Crippen molar-refractivity contribution in [2.75, 3.05) is 6.61 Å². The van der Waals surface area contributed by atoms with E-state index < -0.39 is 11.6 Å². The quantitative estimate of drug-likeness (QED) is 0.719. The summed E-state index contributed by atoms with van der Waals surface area (Å²) in [6.45, 7) is 2.58. The van der Waals surface area contributed by atoms with Crippen LogP contribution in [0, 0.1) is 0 Å². The van der Waals surface area contributed by atoms with Gasteiger partial charge in [-0.15, -0.1) is 0 Å². The molecule has 4 rings (SSSR count). The first-order valence-corrected chi connectivity index (χ1v) is 8.68. The second-order valence-electron chi connectivity index (χ2n) is 6.60. The van der Waals surface area contributed by atoms with Crippen molar-refractivity contribution in [2.45, 2.75) is 38.2 Å². The van der Waals surface area contributed by atoms with Crippen molar-refractivity contribution in [1.82, 2.24) is 4.98 Å². The van der Waals surface area contributed by atoms with Crippen LogP contribution in [0.5, 0.6) is 0 Å². The van der Waals surface area contributed by atoms with Gasteiger partial charge in [0.05, 0.1) is 25.0 Å². The molecule has 130 valence electrons. The van der Waals surface area contributed by atoms with Crippen molar-refractivity contribution in [1.29, 1.82) is 0 Å². The molecule has 0 radical (unpaired) electrons. The van der Waals surface area contributed by atoms with E-state index in [1.165, 1.54) is 0 Å². The summed E-state index contributed by atoms with van der Waals surface area (Å²) >= 11 is 0. The number of benzene rings is 1. The van der Waals surface area contributed by atoms with Crippen LogP contribution in [0.25, 0.3) is 22.2 Å². The minimum Gasteiger partial charge on any atom is -0.481 e. The molecule has 3 aromatic rings. The Labute approximate surface area is 145 Å². The van der Waals surface area contributed by atoms with Crippen molar-refractivity contribution >= 4 is 16.9 Å². The maximum absolute atomic E-state index is 11.5. The highest BCUT2D eigenvalue weighted by Gasteiger charge is 2.41. The second kappa shape index (κ2) is 6.08. The number of ether oxygens (including phenoxy) is 1. The number of hydrogen-bond donors (Lipinski definition) is 2. The first-order valence-electron chi connectivity index (χ1n) is 8.68. The summed E-state index contributed by atoms with van der Waals surface area (Å²) < 4.78 is 11.7. The Morgan fingerprint density at radius 2 is 2.20 bits per heavy atom. The van der Waals surface area contributed by atoms with Crippen LogP contribution < -0.4 is 0 Å². The molecule has 1 unspecified atom stereocenters. The fourth-order valence-corrected chi connectivity index (χ4v) is 4.09. The second-order valence-corrected chi connectivity index (χ2v) is 6.60. The number of carbonyl (C=O) groups is 1. The average molecular weight is 339 g/mol. The Morgan fingerprint density at radius 1 is 1.32 bits per heavy atom. The van der Waals surface area contributed by atoms with Gasteiger partial charge in [-0.2, -0.15) is 0 Å². The summed E-state index contributed by atoms with van der Waals surface area (Å²) in [5, 5.41) is 10.6. The number of carboxylic acids is 1. The standard InChI is InChI=1S/C20H21NO4/c1-2-9-20(12-17(22)23)19-14(8-11-25-20)18-13(16-7-4-10-24-16)5-3-6-15(18)21-19/h3-7,10,21H,2,8-9,11-12H2,1H3,(H,22,23).